The van der Waals surface area contributed by atoms with Crippen LogP contribution in [0.2, 0.25) is 0 Å². The van der Waals surface area contributed by atoms with E-state index in [1.807, 2.05) is 0 Å². The molecule has 1 fully saturated rings. The third-order valence-corrected chi connectivity index (χ3v) is 4.70. The third-order valence-electron chi connectivity index (χ3n) is 3.36. The Morgan fingerprint density at radius 1 is 1.29 bits per heavy atom. The first-order chi connectivity index (χ1) is 11.3. The van der Waals surface area contributed by atoms with Crippen LogP contribution in [0.1, 0.15) is 24.3 Å². The maximum absolute atomic E-state index is 11.8. The summed E-state index contributed by atoms with van der Waals surface area (Å²) in [6.45, 7) is 0. The molecule has 9 heteroatoms. The lowest BCUT2D eigenvalue weighted by Gasteiger charge is -2.11. The van der Waals surface area contributed by atoms with Crippen LogP contribution in [-0.4, -0.2) is 42.1 Å². The first kappa shape index (κ1) is 17.0. The third kappa shape index (κ3) is 4.35. The van der Waals surface area contributed by atoms with Gasteiger partial charge in [0.2, 0.25) is 5.16 Å². The van der Waals surface area contributed by atoms with E-state index in [1.54, 1.807) is 43.2 Å². The van der Waals surface area contributed by atoms with E-state index in [1.165, 1.54) is 0 Å². The van der Waals surface area contributed by atoms with Gasteiger partial charge in [-0.1, -0.05) is 6.07 Å². The van der Waals surface area contributed by atoms with E-state index in [0.29, 0.717) is 23.4 Å². The molecule has 1 atom stereocenters. The predicted octanol–water partition coefficient (Wildman–Crippen LogP) is 2.59. The molecule has 1 N–H and O–H groups in total. The Labute approximate surface area is 144 Å². The Morgan fingerprint density at radius 3 is 2.67 bits per heavy atom. The lowest BCUT2D eigenvalue weighted by Crippen LogP contribution is -2.05. The molecule has 128 valence electrons. The van der Waals surface area contributed by atoms with Crippen LogP contribution in [0.15, 0.2) is 33.9 Å². The maximum Gasteiger partial charge on any atom is 0.220 e. The SMILES string of the molecule is CS(=O)c1ncc(C2CC2)c(Nc2cccc(N=S(C)(C)=O)n2)n1. The molecule has 2 aromatic heterocycles. The fraction of sp³-hybridized carbons (Fsp3) is 0.400. The highest BCUT2D eigenvalue weighted by Crippen LogP contribution is 2.43. The van der Waals surface area contributed by atoms with Gasteiger partial charge in [-0.25, -0.2) is 19.2 Å². The number of nitrogens with one attached hydrogen (secondary N) is 1. The van der Waals surface area contributed by atoms with Crippen LogP contribution < -0.4 is 5.32 Å². The van der Waals surface area contributed by atoms with Gasteiger partial charge in [0.1, 0.15) is 11.6 Å². The molecule has 24 heavy (non-hydrogen) atoms. The summed E-state index contributed by atoms with van der Waals surface area (Å²) < 4.78 is 27.6. The zero-order valence-electron chi connectivity index (χ0n) is 13.7. The minimum Gasteiger partial charge on any atom is -0.325 e. The molecule has 0 saturated heterocycles. The quantitative estimate of drug-likeness (QED) is 0.818. The first-order valence-electron chi connectivity index (χ1n) is 7.43. The number of anilines is 2. The summed E-state index contributed by atoms with van der Waals surface area (Å²) in [6, 6.07) is 5.27. The second-order valence-electron chi connectivity index (χ2n) is 5.96. The molecule has 7 nitrogen and oxygen atoms in total. The topological polar surface area (TPSA) is 97.2 Å². The van der Waals surface area contributed by atoms with Gasteiger partial charge in [-0.15, -0.1) is 0 Å². The molecular weight excluding hydrogens is 346 g/mol. The summed E-state index contributed by atoms with van der Waals surface area (Å²) in [6.07, 6.45) is 8.61. The van der Waals surface area contributed by atoms with Crippen LogP contribution in [0.3, 0.4) is 0 Å². The number of hydrogen-bond acceptors (Lipinski definition) is 7. The largest absolute Gasteiger partial charge is 0.325 e. The summed E-state index contributed by atoms with van der Waals surface area (Å²) in [4.78, 5) is 12.9. The molecular formula is C15H19N5O2S2. The van der Waals surface area contributed by atoms with Gasteiger partial charge in [-0.2, -0.15) is 4.36 Å². The van der Waals surface area contributed by atoms with Gasteiger partial charge >= 0.3 is 0 Å². The Balaban J connectivity index is 1.96. The van der Waals surface area contributed by atoms with Crippen molar-refractivity contribution in [3.05, 3.63) is 30.0 Å². The molecule has 0 radical (unpaired) electrons. The van der Waals surface area contributed by atoms with Crippen LogP contribution in [0.4, 0.5) is 17.5 Å². The van der Waals surface area contributed by atoms with Crippen molar-refractivity contribution < 1.29 is 8.42 Å². The minimum atomic E-state index is -2.28. The molecule has 3 rings (SSSR count). The zero-order chi connectivity index (χ0) is 17.3. The summed E-state index contributed by atoms with van der Waals surface area (Å²) >= 11 is 0. The number of rotatable bonds is 5. The van der Waals surface area contributed by atoms with Gasteiger partial charge < -0.3 is 5.32 Å². The molecule has 0 amide bonds. The highest BCUT2D eigenvalue weighted by Gasteiger charge is 2.28. The summed E-state index contributed by atoms with van der Waals surface area (Å²) in [5.74, 6) is 2.01. The number of nitrogens with zero attached hydrogens (tertiary/aromatic N) is 4. The van der Waals surface area contributed by atoms with Crippen molar-refractivity contribution in [3.63, 3.8) is 0 Å². The second kappa shape index (κ2) is 6.56. The standard InChI is InChI=1S/C15H19N5O2S2/c1-23(21)15-16-9-11(10-7-8-10)14(19-15)18-12-5-4-6-13(17-12)20-24(2,3)22/h4-6,9-10H,7-8H2,1-3H3,(H,16,17,18,19). The van der Waals surface area contributed by atoms with Crippen LogP contribution in [0.25, 0.3) is 0 Å². The van der Waals surface area contributed by atoms with E-state index in [9.17, 15) is 8.42 Å². The van der Waals surface area contributed by atoms with E-state index in [4.69, 9.17) is 0 Å². The smallest absolute Gasteiger partial charge is 0.220 e. The van der Waals surface area contributed by atoms with E-state index in [-0.39, 0.29) is 5.16 Å². The summed E-state index contributed by atoms with van der Waals surface area (Å²) in [7, 11) is -3.53. The van der Waals surface area contributed by atoms with Crippen molar-refractivity contribution in [2.24, 2.45) is 4.36 Å². The Hall–Kier alpha value is -1.87. The average molecular weight is 365 g/mol. The fourth-order valence-corrected chi connectivity index (χ4v) is 3.17. The lowest BCUT2D eigenvalue weighted by molar-refractivity contribution is 0.679. The van der Waals surface area contributed by atoms with E-state index >= 15 is 0 Å². The van der Waals surface area contributed by atoms with Crippen molar-refractivity contribution in [3.8, 4) is 0 Å². The minimum absolute atomic E-state index is 0.285. The molecule has 2 aromatic rings. The van der Waals surface area contributed by atoms with Crippen LogP contribution in [-0.2, 0) is 20.5 Å². The van der Waals surface area contributed by atoms with Crippen LogP contribution >= 0.6 is 0 Å². The molecule has 1 unspecified atom stereocenters. The molecule has 0 spiro atoms. The summed E-state index contributed by atoms with van der Waals surface area (Å²) in [5, 5.41) is 3.45. The van der Waals surface area contributed by atoms with Crippen molar-refractivity contribution >= 4 is 38.0 Å². The monoisotopic (exact) mass is 365 g/mol. The van der Waals surface area contributed by atoms with Crippen molar-refractivity contribution in [2.45, 2.75) is 23.9 Å². The second-order valence-corrected chi connectivity index (χ2v) is 9.78. The van der Waals surface area contributed by atoms with Gasteiger partial charge in [0.15, 0.2) is 5.82 Å². The van der Waals surface area contributed by atoms with Crippen molar-refractivity contribution in [2.75, 3.05) is 24.1 Å². The van der Waals surface area contributed by atoms with Gasteiger partial charge in [-0.3, -0.25) is 4.21 Å². The highest BCUT2D eigenvalue weighted by molar-refractivity contribution is 7.92. The first-order valence-corrected chi connectivity index (χ1v) is 11.3. The Bertz CT molecular complexity index is 910. The molecule has 1 saturated carbocycles. The predicted molar refractivity (Wildman–Crippen MR) is 95.9 cm³/mol. The highest BCUT2D eigenvalue weighted by atomic mass is 32.2. The van der Waals surface area contributed by atoms with Crippen molar-refractivity contribution in [1.29, 1.82) is 0 Å². The molecule has 2 heterocycles. The van der Waals surface area contributed by atoms with Gasteiger partial charge in [0.25, 0.3) is 0 Å². The fourth-order valence-electron chi connectivity index (χ4n) is 2.20. The lowest BCUT2D eigenvalue weighted by atomic mass is 10.2. The molecule has 0 aliphatic heterocycles. The van der Waals surface area contributed by atoms with E-state index in [2.05, 4.69) is 24.6 Å². The van der Waals surface area contributed by atoms with Crippen LogP contribution in [0.5, 0.6) is 0 Å². The van der Waals surface area contributed by atoms with Gasteiger partial charge in [0, 0.05) is 40.3 Å². The average Bonchev–Trinajstić information content (AvgIpc) is 3.30. The van der Waals surface area contributed by atoms with Crippen LogP contribution in [0, 0.1) is 0 Å². The number of aromatic nitrogens is 3. The maximum atomic E-state index is 11.8. The number of hydrogen-bond donors (Lipinski definition) is 1. The molecule has 0 aromatic carbocycles. The van der Waals surface area contributed by atoms with E-state index in [0.717, 1.165) is 18.4 Å². The Kier molecular flexibility index (Phi) is 4.64. The summed E-state index contributed by atoms with van der Waals surface area (Å²) in [5.41, 5.74) is 1.00. The van der Waals surface area contributed by atoms with Crippen molar-refractivity contribution in [1.82, 2.24) is 15.0 Å². The Morgan fingerprint density at radius 2 is 2.04 bits per heavy atom. The molecule has 1 aliphatic carbocycles. The van der Waals surface area contributed by atoms with E-state index < -0.39 is 20.5 Å². The normalized spacial score (nSPS) is 15.8. The van der Waals surface area contributed by atoms with Gasteiger partial charge in [-0.05, 0) is 30.9 Å². The zero-order valence-corrected chi connectivity index (χ0v) is 15.4. The molecule has 0 bridgehead atoms. The number of pyridine rings is 1. The molecule has 1 aliphatic rings. The van der Waals surface area contributed by atoms with Gasteiger partial charge in [0.05, 0.1) is 10.8 Å².